The van der Waals surface area contributed by atoms with Crippen molar-refractivity contribution in [1.29, 1.82) is 0 Å². The van der Waals surface area contributed by atoms with E-state index < -0.39 is 4.92 Å². The highest BCUT2D eigenvalue weighted by molar-refractivity contribution is 5.80. The van der Waals surface area contributed by atoms with E-state index in [0.717, 1.165) is 0 Å². The van der Waals surface area contributed by atoms with Crippen molar-refractivity contribution >= 4 is 11.6 Å². The number of aliphatic hydroxyl groups excluding tert-OH is 1. The summed E-state index contributed by atoms with van der Waals surface area (Å²) in [6.45, 7) is 1.73. The van der Waals surface area contributed by atoms with Crippen molar-refractivity contribution in [2.24, 2.45) is 5.92 Å². The first-order valence-electron chi connectivity index (χ1n) is 6.82. The Kier molecular flexibility index (Phi) is 4.70. The van der Waals surface area contributed by atoms with Gasteiger partial charge in [-0.3, -0.25) is 14.9 Å². The zero-order valence-corrected chi connectivity index (χ0v) is 11.8. The summed E-state index contributed by atoms with van der Waals surface area (Å²) in [5.74, 6) is -0.0818. The molecular formula is C15H18N2O4. The highest BCUT2D eigenvalue weighted by atomic mass is 16.6. The van der Waals surface area contributed by atoms with Crippen LogP contribution in [-0.4, -0.2) is 28.6 Å². The lowest BCUT2D eigenvalue weighted by Crippen LogP contribution is -2.34. The van der Waals surface area contributed by atoms with Crippen LogP contribution >= 0.6 is 0 Å². The molecule has 2 atom stereocenters. The number of carbonyl (C=O) groups excluding carboxylic acids is 1. The number of carbonyl (C=O) groups is 1. The minimum absolute atomic E-state index is 0.0291. The molecule has 1 aromatic rings. The Morgan fingerprint density at radius 2 is 2.24 bits per heavy atom. The number of hydrogen-bond donors (Lipinski definition) is 2. The molecule has 112 valence electrons. The first kappa shape index (κ1) is 15.2. The van der Waals surface area contributed by atoms with Crippen molar-refractivity contribution in [3.8, 4) is 0 Å². The fourth-order valence-electron chi connectivity index (χ4n) is 2.51. The summed E-state index contributed by atoms with van der Waals surface area (Å²) in [5, 5.41) is 22.8. The van der Waals surface area contributed by atoms with Gasteiger partial charge in [-0.2, -0.15) is 0 Å². The third-order valence-corrected chi connectivity index (χ3v) is 3.72. The molecule has 1 amide bonds. The van der Waals surface area contributed by atoms with Gasteiger partial charge in [0.15, 0.2) is 0 Å². The number of nitro benzene ring substituents is 1. The standard InChI is InChI=1S/C15H18N2O4/c1-10-12(3-2-4-14(10)17(20)21)8-15(19)16-13-6-5-11(7-13)9-18/h2-6,11,13,18H,7-9H2,1H3,(H,16,19)/t11-,13+/m0/s1. The van der Waals surface area contributed by atoms with Gasteiger partial charge < -0.3 is 10.4 Å². The van der Waals surface area contributed by atoms with E-state index in [1.165, 1.54) is 6.07 Å². The molecule has 0 bridgehead atoms. The second kappa shape index (κ2) is 6.49. The molecule has 6 nitrogen and oxygen atoms in total. The number of benzene rings is 1. The van der Waals surface area contributed by atoms with Gasteiger partial charge in [-0.15, -0.1) is 0 Å². The summed E-state index contributed by atoms with van der Waals surface area (Å²) in [6, 6.07) is 4.67. The molecule has 0 aliphatic heterocycles. The van der Waals surface area contributed by atoms with Gasteiger partial charge in [0.05, 0.1) is 11.3 Å². The normalized spacial score (nSPS) is 20.5. The van der Waals surface area contributed by atoms with Crippen molar-refractivity contribution in [2.75, 3.05) is 6.61 Å². The van der Waals surface area contributed by atoms with Crippen LogP contribution in [0.2, 0.25) is 0 Å². The van der Waals surface area contributed by atoms with Gasteiger partial charge in [-0.05, 0) is 18.9 Å². The van der Waals surface area contributed by atoms with Crippen LogP contribution in [0, 0.1) is 23.0 Å². The van der Waals surface area contributed by atoms with E-state index in [-0.39, 0.29) is 36.6 Å². The van der Waals surface area contributed by atoms with E-state index in [1.54, 1.807) is 19.1 Å². The molecule has 0 fully saturated rings. The predicted octanol–water partition coefficient (Wildman–Crippen LogP) is 1.50. The topological polar surface area (TPSA) is 92.5 Å². The number of rotatable bonds is 5. The van der Waals surface area contributed by atoms with Crippen LogP contribution in [0.3, 0.4) is 0 Å². The van der Waals surface area contributed by atoms with Gasteiger partial charge in [-0.25, -0.2) is 0 Å². The summed E-state index contributed by atoms with van der Waals surface area (Å²) in [4.78, 5) is 22.5. The fourth-order valence-corrected chi connectivity index (χ4v) is 2.51. The number of nitrogens with one attached hydrogen (secondary N) is 1. The zero-order valence-electron chi connectivity index (χ0n) is 11.8. The maximum Gasteiger partial charge on any atom is 0.272 e. The molecule has 0 radical (unpaired) electrons. The number of nitro groups is 1. The fraction of sp³-hybridized carbons (Fsp3) is 0.400. The van der Waals surface area contributed by atoms with Crippen molar-refractivity contribution in [3.05, 3.63) is 51.6 Å². The number of hydrogen-bond acceptors (Lipinski definition) is 4. The predicted molar refractivity (Wildman–Crippen MR) is 77.8 cm³/mol. The molecule has 2 N–H and O–H groups in total. The van der Waals surface area contributed by atoms with E-state index in [4.69, 9.17) is 5.11 Å². The van der Waals surface area contributed by atoms with Crippen molar-refractivity contribution in [2.45, 2.75) is 25.8 Å². The van der Waals surface area contributed by atoms with Crippen LogP contribution in [0.1, 0.15) is 17.5 Å². The SMILES string of the molecule is Cc1c(CC(=O)N[C@@H]2C=C[C@H](CO)C2)cccc1[N+](=O)[O-]. The van der Waals surface area contributed by atoms with E-state index in [0.29, 0.717) is 17.5 Å². The Morgan fingerprint density at radius 1 is 1.48 bits per heavy atom. The van der Waals surface area contributed by atoms with E-state index >= 15 is 0 Å². The van der Waals surface area contributed by atoms with Crippen molar-refractivity contribution in [1.82, 2.24) is 5.32 Å². The summed E-state index contributed by atoms with van der Waals surface area (Å²) in [7, 11) is 0. The molecule has 0 aromatic heterocycles. The third-order valence-electron chi connectivity index (χ3n) is 3.72. The molecule has 2 rings (SSSR count). The van der Waals surface area contributed by atoms with Crippen LogP contribution < -0.4 is 5.32 Å². The number of nitrogens with zero attached hydrogens (tertiary/aromatic N) is 1. The highest BCUT2D eigenvalue weighted by Gasteiger charge is 2.21. The Bertz CT molecular complexity index is 583. The average Bonchev–Trinajstić information content (AvgIpc) is 2.88. The van der Waals surface area contributed by atoms with Crippen LogP contribution in [0.5, 0.6) is 0 Å². The van der Waals surface area contributed by atoms with Crippen LogP contribution in [0.25, 0.3) is 0 Å². The molecule has 0 saturated carbocycles. The maximum absolute atomic E-state index is 12.0. The lowest BCUT2D eigenvalue weighted by molar-refractivity contribution is -0.385. The summed E-state index contributed by atoms with van der Waals surface area (Å²) >= 11 is 0. The molecule has 1 aliphatic rings. The Morgan fingerprint density at radius 3 is 2.86 bits per heavy atom. The van der Waals surface area contributed by atoms with Crippen molar-refractivity contribution in [3.63, 3.8) is 0 Å². The Hall–Kier alpha value is -2.21. The number of aliphatic hydroxyl groups is 1. The Balaban J connectivity index is 1.99. The molecular weight excluding hydrogens is 272 g/mol. The average molecular weight is 290 g/mol. The molecule has 1 aliphatic carbocycles. The quantitative estimate of drug-likeness (QED) is 0.488. The lowest BCUT2D eigenvalue weighted by Gasteiger charge is -2.13. The van der Waals surface area contributed by atoms with Gasteiger partial charge >= 0.3 is 0 Å². The molecule has 6 heteroatoms. The van der Waals surface area contributed by atoms with Crippen molar-refractivity contribution < 1.29 is 14.8 Å². The molecule has 0 heterocycles. The first-order valence-corrected chi connectivity index (χ1v) is 6.82. The minimum atomic E-state index is -0.442. The maximum atomic E-state index is 12.0. The monoisotopic (exact) mass is 290 g/mol. The molecule has 0 spiro atoms. The second-order valence-electron chi connectivity index (χ2n) is 5.23. The largest absolute Gasteiger partial charge is 0.396 e. The minimum Gasteiger partial charge on any atom is -0.396 e. The lowest BCUT2D eigenvalue weighted by atomic mass is 10.0. The van der Waals surface area contributed by atoms with Gasteiger partial charge in [0, 0.05) is 30.2 Å². The smallest absolute Gasteiger partial charge is 0.272 e. The summed E-state index contributed by atoms with van der Waals surface area (Å²) in [6.07, 6.45) is 4.57. The van der Waals surface area contributed by atoms with Gasteiger partial charge in [0.1, 0.15) is 0 Å². The first-order chi connectivity index (χ1) is 10.0. The van der Waals surface area contributed by atoms with Gasteiger partial charge in [-0.1, -0.05) is 24.3 Å². The molecule has 0 saturated heterocycles. The van der Waals surface area contributed by atoms with Crippen LogP contribution in [0.15, 0.2) is 30.4 Å². The van der Waals surface area contributed by atoms with E-state index in [9.17, 15) is 14.9 Å². The van der Waals surface area contributed by atoms with E-state index in [1.807, 2.05) is 12.2 Å². The zero-order chi connectivity index (χ0) is 15.4. The van der Waals surface area contributed by atoms with Crippen LogP contribution in [0.4, 0.5) is 5.69 Å². The molecule has 0 unspecified atom stereocenters. The van der Waals surface area contributed by atoms with Gasteiger partial charge in [0.2, 0.25) is 5.91 Å². The van der Waals surface area contributed by atoms with E-state index in [2.05, 4.69) is 5.32 Å². The molecule has 21 heavy (non-hydrogen) atoms. The van der Waals surface area contributed by atoms with Crippen LogP contribution in [-0.2, 0) is 11.2 Å². The van der Waals surface area contributed by atoms with Gasteiger partial charge in [0.25, 0.3) is 5.69 Å². The summed E-state index contributed by atoms with van der Waals surface area (Å²) in [5.41, 5.74) is 1.21. The second-order valence-corrected chi connectivity index (χ2v) is 5.23. The Labute approximate surface area is 122 Å². The summed E-state index contributed by atoms with van der Waals surface area (Å²) < 4.78 is 0. The third kappa shape index (κ3) is 3.66. The molecule has 1 aromatic carbocycles. The highest BCUT2D eigenvalue weighted by Crippen LogP contribution is 2.22. The number of amides is 1.